The quantitative estimate of drug-likeness (QED) is 0.631. The number of halogens is 1. The largest absolute Gasteiger partial charge is 0.457 e. The van der Waals surface area contributed by atoms with Crippen LogP contribution in [-0.2, 0) is 6.61 Å². The summed E-state index contributed by atoms with van der Waals surface area (Å²) in [7, 11) is 0. The third-order valence-corrected chi connectivity index (χ3v) is 5.79. The Hall–Kier alpha value is -2.89. The van der Waals surface area contributed by atoms with Crippen LogP contribution in [-0.4, -0.2) is 34.0 Å². The minimum atomic E-state index is -0.159. The molecule has 0 radical (unpaired) electrons. The monoisotopic (exact) mass is 422 g/mol. The topological polar surface area (TPSA) is 62.7 Å². The number of benzene rings is 2. The van der Waals surface area contributed by atoms with Crippen LogP contribution < -0.4 is 4.74 Å². The maximum atomic E-state index is 12.8. The molecule has 1 atom stereocenters. The molecule has 4 rings (SSSR count). The lowest BCUT2D eigenvalue weighted by molar-refractivity contribution is 0.0785. The molecule has 1 fully saturated rings. The molecule has 0 spiro atoms. The van der Waals surface area contributed by atoms with Crippen LogP contribution in [0.4, 0.5) is 0 Å². The van der Waals surface area contributed by atoms with Crippen molar-refractivity contribution in [1.29, 1.82) is 0 Å². The molecule has 0 bridgehead atoms. The van der Waals surface area contributed by atoms with Gasteiger partial charge >= 0.3 is 0 Å². The van der Waals surface area contributed by atoms with Crippen LogP contribution in [0.2, 0.25) is 5.02 Å². The Morgan fingerprint density at radius 2 is 2.07 bits per heavy atom. The van der Waals surface area contributed by atoms with Gasteiger partial charge in [-0.15, -0.1) is 0 Å². The molecule has 0 saturated carbocycles. The summed E-state index contributed by atoms with van der Waals surface area (Å²) in [5.74, 6) is 1.46. The molecule has 3 aromatic rings. The number of hydrogen-bond acceptors (Lipinski definition) is 4. The van der Waals surface area contributed by atoms with Crippen molar-refractivity contribution >= 4 is 17.5 Å². The van der Waals surface area contributed by atoms with Crippen LogP contribution in [0.1, 0.15) is 39.5 Å². The predicted molar refractivity (Wildman–Crippen MR) is 116 cm³/mol. The number of likely N-dealkylation sites (tertiary alicyclic amines) is 1. The zero-order valence-electron chi connectivity index (χ0n) is 16.7. The van der Waals surface area contributed by atoms with Gasteiger partial charge in [0.05, 0.1) is 11.6 Å². The number of ether oxygens (including phenoxy) is 1. The summed E-state index contributed by atoms with van der Waals surface area (Å²) in [4.78, 5) is 18.7. The second-order valence-electron chi connectivity index (χ2n) is 7.46. The fourth-order valence-electron chi connectivity index (χ4n) is 3.87. The molecular formula is C24H23ClN2O3. The summed E-state index contributed by atoms with van der Waals surface area (Å²) in [6.45, 7) is 3.10. The molecule has 154 valence electrons. The summed E-state index contributed by atoms with van der Waals surface area (Å²) in [6.07, 6.45) is 2.39. The van der Waals surface area contributed by atoms with E-state index in [0.29, 0.717) is 23.9 Å². The normalized spacial score (nSPS) is 16.0. The van der Waals surface area contributed by atoms with Crippen molar-refractivity contribution < 1.29 is 14.6 Å². The molecule has 1 aliphatic heterocycles. The smallest absolute Gasteiger partial charge is 0.274 e. The van der Waals surface area contributed by atoms with Gasteiger partial charge in [0.2, 0.25) is 0 Å². The van der Waals surface area contributed by atoms with E-state index in [9.17, 15) is 9.90 Å². The van der Waals surface area contributed by atoms with Gasteiger partial charge in [-0.25, -0.2) is 4.98 Å². The van der Waals surface area contributed by atoms with E-state index < -0.39 is 0 Å². The highest BCUT2D eigenvalue weighted by atomic mass is 35.5. The number of pyridine rings is 1. The number of rotatable bonds is 5. The first-order chi connectivity index (χ1) is 14.6. The van der Waals surface area contributed by atoms with Crippen LogP contribution in [0.15, 0.2) is 60.8 Å². The third-order valence-electron chi connectivity index (χ3n) is 5.48. The number of aryl methyl sites for hydroxylation is 1. The Morgan fingerprint density at radius 1 is 1.23 bits per heavy atom. The average molecular weight is 423 g/mol. The molecule has 1 amide bonds. The number of carbonyl (C=O) groups is 1. The number of aliphatic hydroxyl groups is 1. The van der Waals surface area contributed by atoms with E-state index in [4.69, 9.17) is 16.3 Å². The van der Waals surface area contributed by atoms with Gasteiger partial charge in [0.1, 0.15) is 17.2 Å². The first kappa shape index (κ1) is 20.4. The lowest BCUT2D eigenvalue weighted by Gasteiger charge is -2.19. The van der Waals surface area contributed by atoms with Gasteiger partial charge < -0.3 is 14.7 Å². The van der Waals surface area contributed by atoms with Crippen molar-refractivity contribution in [2.75, 3.05) is 13.1 Å². The number of aromatic nitrogens is 1. The summed E-state index contributed by atoms with van der Waals surface area (Å²) >= 11 is 6.14. The molecule has 2 heterocycles. The molecule has 2 aromatic carbocycles. The van der Waals surface area contributed by atoms with E-state index in [2.05, 4.69) is 4.98 Å². The third kappa shape index (κ3) is 4.18. The number of carbonyl (C=O) groups excluding carboxylic acids is 1. The van der Waals surface area contributed by atoms with Gasteiger partial charge in [0.25, 0.3) is 5.91 Å². The van der Waals surface area contributed by atoms with Crippen LogP contribution in [0.25, 0.3) is 0 Å². The highest BCUT2D eigenvalue weighted by Crippen LogP contribution is 2.34. The fraction of sp³-hybridized carbons (Fsp3) is 0.250. The lowest BCUT2D eigenvalue weighted by atomic mass is 9.93. The van der Waals surface area contributed by atoms with Crippen LogP contribution >= 0.6 is 11.6 Å². The van der Waals surface area contributed by atoms with Crippen molar-refractivity contribution in [2.24, 2.45) is 0 Å². The van der Waals surface area contributed by atoms with Crippen molar-refractivity contribution in [3.63, 3.8) is 0 Å². The SMILES string of the molecule is Cc1ccccc1Oc1ccc(C2CCN(C(=O)c3ncccc3Cl)C2)c(CO)c1. The van der Waals surface area contributed by atoms with E-state index in [1.54, 1.807) is 23.2 Å². The Bertz CT molecular complexity index is 1070. The van der Waals surface area contributed by atoms with Gasteiger partial charge in [0.15, 0.2) is 0 Å². The van der Waals surface area contributed by atoms with Crippen molar-refractivity contribution in [2.45, 2.75) is 25.9 Å². The van der Waals surface area contributed by atoms with Crippen molar-refractivity contribution in [3.05, 3.63) is 88.2 Å². The van der Waals surface area contributed by atoms with E-state index in [-0.39, 0.29) is 24.1 Å². The van der Waals surface area contributed by atoms with Crippen molar-refractivity contribution in [1.82, 2.24) is 9.88 Å². The fourth-order valence-corrected chi connectivity index (χ4v) is 4.07. The second-order valence-corrected chi connectivity index (χ2v) is 7.86. The average Bonchev–Trinajstić information content (AvgIpc) is 3.25. The number of nitrogens with zero attached hydrogens (tertiary/aromatic N) is 2. The molecule has 1 N–H and O–H groups in total. The molecule has 1 saturated heterocycles. The summed E-state index contributed by atoms with van der Waals surface area (Å²) < 4.78 is 6.00. The highest BCUT2D eigenvalue weighted by Gasteiger charge is 2.30. The Labute approximate surface area is 180 Å². The zero-order valence-corrected chi connectivity index (χ0v) is 17.5. The Balaban J connectivity index is 1.51. The number of para-hydroxylation sites is 1. The van der Waals surface area contributed by atoms with E-state index in [1.165, 1.54) is 0 Å². The Morgan fingerprint density at radius 3 is 2.83 bits per heavy atom. The second kappa shape index (κ2) is 8.86. The molecule has 5 nitrogen and oxygen atoms in total. The first-order valence-corrected chi connectivity index (χ1v) is 10.3. The number of aliphatic hydroxyl groups excluding tert-OH is 1. The van der Waals surface area contributed by atoms with Gasteiger partial charge in [-0.2, -0.15) is 0 Å². The molecular weight excluding hydrogens is 400 g/mol. The number of hydrogen-bond donors (Lipinski definition) is 1. The van der Waals surface area contributed by atoms with Gasteiger partial charge in [-0.3, -0.25) is 4.79 Å². The molecule has 1 unspecified atom stereocenters. The van der Waals surface area contributed by atoms with Crippen LogP contribution in [0, 0.1) is 6.92 Å². The Kier molecular flexibility index (Phi) is 6.02. The zero-order chi connectivity index (χ0) is 21.1. The molecule has 6 heteroatoms. The van der Waals surface area contributed by atoms with Crippen LogP contribution in [0.3, 0.4) is 0 Å². The minimum absolute atomic E-state index is 0.0865. The summed E-state index contributed by atoms with van der Waals surface area (Å²) in [5.41, 5.74) is 3.18. The summed E-state index contributed by atoms with van der Waals surface area (Å²) in [6, 6.07) is 17.0. The van der Waals surface area contributed by atoms with Crippen molar-refractivity contribution in [3.8, 4) is 11.5 Å². The first-order valence-electron chi connectivity index (χ1n) is 9.93. The van der Waals surface area contributed by atoms with E-state index in [1.807, 2.05) is 49.4 Å². The van der Waals surface area contributed by atoms with E-state index in [0.717, 1.165) is 28.9 Å². The maximum Gasteiger partial charge on any atom is 0.274 e. The summed E-state index contributed by atoms with van der Waals surface area (Å²) in [5, 5.41) is 10.3. The van der Waals surface area contributed by atoms with Crippen LogP contribution in [0.5, 0.6) is 11.5 Å². The lowest BCUT2D eigenvalue weighted by Crippen LogP contribution is -2.29. The highest BCUT2D eigenvalue weighted by molar-refractivity contribution is 6.33. The van der Waals surface area contributed by atoms with Gasteiger partial charge in [0, 0.05) is 25.2 Å². The molecule has 1 aliphatic rings. The molecule has 0 aliphatic carbocycles. The molecule has 1 aromatic heterocycles. The van der Waals surface area contributed by atoms with Gasteiger partial charge in [-0.05, 0) is 60.4 Å². The molecule has 30 heavy (non-hydrogen) atoms. The minimum Gasteiger partial charge on any atom is -0.457 e. The maximum absolute atomic E-state index is 12.8. The number of amides is 1. The van der Waals surface area contributed by atoms with E-state index >= 15 is 0 Å². The van der Waals surface area contributed by atoms with Gasteiger partial charge in [-0.1, -0.05) is 35.9 Å². The predicted octanol–water partition coefficient (Wildman–Crippen LogP) is 4.96. The standard InChI is InChI=1S/C24H23ClN2O3/c1-16-5-2-3-7-22(16)30-19-8-9-20(18(13-19)15-28)17-10-12-27(14-17)24(29)23-21(25)6-4-11-26-23/h2-9,11,13,17,28H,10,12,14-15H2,1H3.